The Hall–Kier alpha value is -1.90. The number of aromatic nitrogens is 1. The largest absolute Gasteiger partial charge is 0.478 e. The van der Waals surface area contributed by atoms with E-state index in [9.17, 15) is 14.9 Å². The van der Waals surface area contributed by atoms with Crippen molar-refractivity contribution in [2.24, 2.45) is 5.92 Å². The SMILES string of the molecule is CC(C)(C)OC(=O)N1CCC(COc2sncc2[N+](=O)[O-])CC1. The molecule has 8 nitrogen and oxygen atoms in total. The molecule has 1 aliphatic heterocycles. The van der Waals surface area contributed by atoms with Crippen LogP contribution in [0.5, 0.6) is 5.06 Å². The molecule has 23 heavy (non-hydrogen) atoms. The molecule has 1 saturated heterocycles. The summed E-state index contributed by atoms with van der Waals surface area (Å²) < 4.78 is 14.7. The minimum absolute atomic E-state index is 0.0961. The number of amides is 1. The number of likely N-dealkylation sites (tertiary alicyclic amines) is 1. The average molecular weight is 343 g/mol. The Bertz CT molecular complexity index is 561. The van der Waals surface area contributed by atoms with Crippen LogP contribution in [0.2, 0.25) is 0 Å². The summed E-state index contributed by atoms with van der Waals surface area (Å²) in [6.45, 7) is 7.13. The number of piperidine rings is 1. The Labute approximate surface area is 138 Å². The zero-order valence-corrected chi connectivity index (χ0v) is 14.3. The molecule has 9 heteroatoms. The normalized spacial score (nSPS) is 16.2. The maximum absolute atomic E-state index is 12.0. The van der Waals surface area contributed by atoms with E-state index in [1.165, 1.54) is 6.20 Å². The first-order valence-corrected chi connectivity index (χ1v) is 8.23. The second-order valence-corrected chi connectivity index (χ2v) is 7.24. The Morgan fingerprint density at radius 2 is 2.13 bits per heavy atom. The van der Waals surface area contributed by atoms with Crippen molar-refractivity contribution < 1.29 is 19.2 Å². The van der Waals surface area contributed by atoms with Gasteiger partial charge in [0.2, 0.25) is 0 Å². The molecule has 0 aromatic carbocycles. The third-order valence-corrected chi connectivity index (χ3v) is 4.14. The Morgan fingerprint density at radius 3 is 2.70 bits per heavy atom. The quantitative estimate of drug-likeness (QED) is 0.616. The fourth-order valence-electron chi connectivity index (χ4n) is 2.25. The molecule has 0 unspecified atom stereocenters. The number of ether oxygens (including phenoxy) is 2. The highest BCUT2D eigenvalue weighted by atomic mass is 32.1. The summed E-state index contributed by atoms with van der Waals surface area (Å²) >= 11 is 0.980. The summed E-state index contributed by atoms with van der Waals surface area (Å²) in [5.41, 5.74) is -0.594. The van der Waals surface area contributed by atoms with Crippen LogP contribution < -0.4 is 4.74 Å². The fourth-order valence-corrected chi connectivity index (χ4v) is 2.84. The summed E-state index contributed by atoms with van der Waals surface area (Å²) in [7, 11) is 0. The minimum atomic E-state index is -0.498. The third-order valence-electron chi connectivity index (χ3n) is 3.43. The first-order chi connectivity index (χ1) is 10.8. The van der Waals surface area contributed by atoms with Crippen LogP contribution in [0.1, 0.15) is 33.6 Å². The van der Waals surface area contributed by atoms with Crippen molar-refractivity contribution in [2.75, 3.05) is 19.7 Å². The van der Waals surface area contributed by atoms with Crippen LogP contribution in [0, 0.1) is 16.0 Å². The molecule has 1 aromatic heterocycles. The van der Waals surface area contributed by atoms with E-state index in [4.69, 9.17) is 9.47 Å². The average Bonchev–Trinajstić information content (AvgIpc) is 2.92. The number of carbonyl (C=O) groups is 1. The van der Waals surface area contributed by atoms with Crippen LogP contribution in [-0.4, -0.2) is 45.6 Å². The van der Waals surface area contributed by atoms with Crippen LogP contribution in [0.4, 0.5) is 10.5 Å². The number of carbonyl (C=O) groups excluding carboxylic acids is 1. The molecule has 1 amide bonds. The van der Waals surface area contributed by atoms with Gasteiger partial charge in [0, 0.05) is 24.6 Å². The summed E-state index contributed by atoms with van der Waals surface area (Å²) in [4.78, 5) is 24.0. The molecule has 0 saturated carbocycles. The van der Waals surface area contributed by atoms with Gasteiger partial charge >= 0.3 is 11.8 Å². The van der Waals surface area contributed by atoms with Crippen molar-refractivity contribution in [1.82, 2.24) is 9.27 Å². The van der Waals surface area contributed by atoms with E-state index in [1.807, 2.05) is 20.8 Å². The zero-order valence-electron chi connectivity index (χ0n) is 13.5. The predicted molar refractivity (Wildman–Crippen MR) is 84.8 cm³/mol. The number of hydrogen-bond donors (Lipinski definition) is 0. The molecule has 1 aromatic rings. The standard InChI is InChI=1S/C14H21N3O5S/c1-14(2,3)22-13(18)16-6-4-10(5-7-16)9-21-12-11(17(19)20)8-15-23-12/h8,10H,4-7,9H2,1-3H3. The van der Waals surface area contributed by atoms with Crippen LogP contribution >= 0.6 is 11.5 Å². The second kappa shape index (κ2) is 7.12. The summed E-state index contributed by atoms with van der Waals surface area (Å²) in [5.74, 6) is 0.260. The van der Waals surface area contributed by atoms with Gasteiger partial charge in [-0.2, -0.15) is 4.37 Å². The van der Waals surface area contributed by atoms with Crippen molar-refractivity contribution >= 4 is 23.3 Å². The van der Waals surface area contributed by atoms with Gasteiger partial charge in [0.15, 0.2) is 0 Å². The number of rotatable bonds is 4. The van der Waals surface area contributed by atoms with Crippen molar-refractivity contribution in [3.8, 4) is 5.06 Å². The van der Waals surface area contributed by atoms with Crippen LogP contribution in [0.15, 0.2) is 6.20 Å². The Kier molecular flexibility index (Phi) is 5.40. The van der Waals surface area contributed by atoms with Gasteiger partial charge in [0.1, 0.15) is 11.8 Å². The highest BCUT2D eigenvalue weighted by Crippen LogP contribution is 2.31. The van der Waals surface area contributed by atoms with Gasteiger partial charge in [-0.1, -0.05) is 0 Å². The molecule has 128 valence electrons. The monoisotopic (exact) mass is 343 g/mol. The van der Waals surface area contributed by atoms with Crippen LogP contribution in [-0.2, 0) is 4.74 Å². The van der Waals surface area contributed by atoms with Crippen molar-refractivity contribution in [2.45, 2.75) is 39.2 Å². The molecule has 1 aliphatic rings. The molecular formula is C14H21N3O5S. The maximum Gasteiger partial charge on any atom is 0.410 e. The molecule has 2 rings (SSSR count). The molecule has 0 aliphatic carbocycles. The second-order valence-electron chi connectivity index (χ2n) is 6.48. The first-order valence-electron chi connectivity index (χ1n) is 7.46. The number of nitrogens with zero attached hydrogens (tertiary/aromatic N) is 3. The molecule has 2 heterocycles. The summed E-state index contributed by atoms with van der Waals surface area (Å²) in [5, 5.41) is 11.0. The van der Waals surface area contributed by atoms with Crippen LogP contribution in [0.3, 0.4) is 0 Å². The van der Waals surface area contributed by atoms with Gasteiger partial charge < -0.3 is 14.4 Å². The maximum atomic E-state index is 12.0. The molecule has 1 fully saturated rings. The molecule has 0 spiro atoms. The van der Waals surface area contributed by atoms with Gasteiger partial charge in [-0.05, 0) is 39.5 Å². The minimum Gasteiger partial charge on any atom is -0.478 e. The number of nitro groups is 1. The lowest BCUT2D eigenvalue weighted by Gasteiger charge is -2.33. The van der Waals surface area contributed by atoms with Crippen molar-refractivity contribution in [3.63, 3.8) is 0 Å². The summed E-state index contributed by atoms with van der Waals surface area (Å²) in [6.07, 6.45) is 2.47. The van der Waals surface area contributed by atoms with E-state index < -0.39 is 10.5 Å². The lowest BCUT2D eigenvalue weighted by atomic mass is 9.98. The van der Waals surface area contributed by atoms with Gasteiger partial charge in [0.05, 0.1) is 11.5 Å². The molecule has 0 atom stereocenters. The first kappa shape index (κ1) is 17.5. The molecular weight excluding hydrogens is 322 g/mol. The fraction of sp³-hybridized carbons (Fsp3) is 0.714. The van der Waals surface area contributed by atoms with E-state index >= 15 is 0 Å². The molecule has 0 radical (unpaired) electrons. The highest BCUT2D eigenvalue weighted by Gasteiger charge is 2.28. The van der Waals surface area contributed by atoms with Gasteiger partial charge in [-0.3, -0.25) is 10.1 Å². The van der Waals surface area contributed by atoms with E-state index in [2.05, 4.69) is 4.37 Å². The van der Waals surface area contributed by atoms with E-state index in [0.29, 0.717) is 19.7 Å². The van der Waals surface area contributed by atoms with E-state index in [-0.39, 0.29) is 22.8 Å². The van der Waals surface area contributed by atoms with Crippen molar-refractivity contribution in [3.05, 3.63) is 16.3 Å². The number of hydrogen-bond acceptors (Lipinski definition) is 7. The van der Waals surface area contributed by atoms with Gasteiger partial charge in [-0.15, -0.1) is 0 Å². The van der Waals surface area contributed by atoms with Gasteiger partial charge in [-0.25, -0.2) is 4.79 Å². The highest BCUT2D eigenvalue weighted by molar-refractivity contribution is 7.08. The van der Waals surface area contributed by atoms with E-state index in [1.54, 1.807) is 4.90 Å². The zero-order chi connectivity index (χ0) is 17.0. The predicted octanol–water partition coefficient (Wildman–Crippen LogP) is 3.08. The van der Waals surface area contributed by atoms with Gasteiger partial charge in [0.25, 0.3) is 5.06 Å². The van der Waals surface area contributed by atoms with Crippen molar-refractivity contribution in [1.29, 1.82) is 0 Å². The smallest absolute Gasteiger partial charge is 0.410 e. The van der Waals surface area contributed by atoms with Crippen LogP contribution in [0.25, 0.3) is 0 Å². The molecule has 0 N–H and O–H groups in total. The lowest BCUT2D eigenvalue weighted by molar-refractivity contribution is -0.385. The summed E-state index contributed by atoms with van der Waals surface area (Å²) in [6, 6.07) is 0. The topological polar surface area (TPSA) is 94.8 Å². The Balaban J connectivity index is 1.78. The van der Waals surface area contributed by atoms with E-state index in [0.717, 1.165) is 24.4 Å². The Morgan fingerprint density at radius 1 is 1.48 bits per heavy atom. The lowest BCUT2D eigenvalue weighted by Crippen LogP contribution is -2.42. The third kappa shape index (κ3) is 5.05. The molecule has 0 bridgehead atoms.